The Labute approximate surface area is 79.6 Å². The Bertz CT molecular complexity index is 233. The Morgan fingerprint density at radius 3 is 2.46 bits per heavy atom. The van der Waals surface area contributed by atoms with E-state index in [-0.39, 0.29) is 0 Å². The normalized spacial score (nSPS) is 10.5. The Morgan fingerprint density at radius 2 is 2.00 bits per heavy atom. The second-order valence-electron chi connectivity index (χ2n) is 3.28. The molecule has 0 amide bonds. The highest BCUT2D eigenvalue weighted by Crippen LogP contribution is 2.14. The van der Waals surface area contributed by atoms with Crippen LogP contribution in [0.3, 0.4) is 0 Å². The smallest absolute Gasteiger partial charge is 0.0399 e. The van der Waals surface area contributed by atoms with Gasteiger partial charge in [-0.3, -0.25) is 4.98 Å². The van der Waals surface area contributed by atoms with Crippen LogP contribution in [0.5, 0.6) is 0 Å². The first kappa shape index (κ1) is 9.99. The van der Waals surface area contributed by atoms with Gasteiger partial charge in [0.05, 0.1) is 0 Å². The van der Waals surface area contributed by atoms with E-state index in [2.05, 4.69) is 23.7 Å². The molecule has 1 heterocycles. The molecule has 0 fully saturated rings. The Kier molecular flexibility index (Phi) is 3.71. The SMILES string of the molecule is CC(C)N(CCN)c1ccncc1. The molecule has 0 saturated carbocycles. The summed E-state index contributed by atoms with van der Waals surface area (Å²) < 4.78 is 0. The van der Waals surface area contributed by atoms with Gasteiger partial charge in [0.15, 0.2) is 0 Å². The molecule has 1 aromatic heterocycles. The van der Waals surface area contributed by atoms with E-state index in [1.165, 1.54) is 5.69 Å². The van der Waals surface area contributed by atoms with Crippen molar-refractivity contribution >= 4 is 5.69 Å². The monoisotopic (exact) mass is 179 g/mol. The Hall–Kier alpha value is -1.09. The van der Waals surface area contributed by atoms with Gasteiger partial charge in [-0.15, -0.1) is 0 Å². The first-order valence-corrected chi connectivity index (χ1v) is 4.62. The highest BCUT2D eigenvalue weighted by Gasteiger charge is 2.07. The molecule has 0 aliphatic heterocycles. The lowest BCUT2D eigenvalue weighted by Gasteiger charge is -2.28. The lowest BCUT2D eigenvalue weighted by Crippen LogP contribution is -2.35. The van der Waals surface area contributed by atoms with E-state index in [9.17, 15) is 0 Å². The number of aromatic nitrogens is 1. The van der Waals surface area contributed by atoms with Gasteiger partial charge < -0.3 is 10.6 Å². The minimum atomic E-state index is 0.478. The van der Waals surface area contributed by atoms with Crippen molar-refractivity contribution in [1.82, 2.24) is 4.98 Å². The van der Waals surface area contributed by atoms with E-state index in [0.29, 0.717) is 12.6 Å². The number of anilines is 1. The predicted molar refractivity (Wildman–Crippen MR) is 55.8 cm³/mol. The van der Waals surface area contributed by atoms with Crippen LogP contribution in [0.2, 0.25) is 0 Å². The van der Waals surface area contributed by atoms with Crippen LogP contribution in [0, 0.1) is 0 Å². The van der Waals surface area contributed by atoms with Crippen molar-refractivity contribution in [2.24, 2.45) is 5.73 Å². The van der Waals surface area contributed by atoms with Crippen LogP contribution in [-0.4, -0.2) is 24.1 Å². The largest absolute Gasteiger partial charge is 0.368 e. The van der Waals surface area contributed by atoms with Crippen molar-refractivity contribution in [2.45, 2.75) is 19.9 Å². The molecule has 0 saturated heterocycles. The van der Waals surface area contributed by atoms with E-state index in [1.54, 1.807) is 12.4 Å². The van der Waals surface area contributed by atoms with Crippen LogP contribution < -0.4 is 10.6 Å². The summed E-state index contributed by atoms with van der Waals surface area (Å²) in [7, 11) is 0. The molecular weight excluding hydrogens is 162 g/mol. The molecule has 0 atom stereocenters. The topological polar surface area (TPSA) is 42.1 Å². The molecule has 1 aromatic rings. The van der Waals surface area contributed by atoms with Gasteiger partial charge in [-0.05, 0) is 26.0 Å². The molecule has 0 aliphatic rings. The van der Waals surface area contributed by atoms with Crippen LogP contribution in [-0.2, 0) is 0 Å². The standard InChI is InChI=1S/C10H17N3/c1-9(2)13(8-5-11)10-3-6-12-7-4-10/h3-4,6-7,9H,5,8,11H2,1-2H3. The van der Waals surface area contributed by atoms with Gasteiger partial charge in [0, 0.05) is 37.2 Å². The molecule has 0 unspecified atom stereocenters. The van der Waals surface area contributed by atoms with Crippen molar-refractivity contribution in [3.8, 4) is 0 Å². The van der Waals surface area contributed by atoms with Crippen molar-refractivity contribution in [3.63, 3.8) is 0 Å². The third-order valence-corrected chi connectivity index (χ3v) is 1.99. The number of hydrogen-bond donors (Lipinski definition) is 1. The van der Waals surface area contributed by atoms with Crippen LogP contribution in [0.4, 0.5) is 5.69 Å². The van der Waals surface area contributed by atoms with Crippen LogP contribution in [0.1, 0.15) is 13.8 Å². The number of nitrogens with two attached hydrogens (primary N) is 1. The summed E-state index contributed by atoms with van der Waals surface area (Å²) >= 11 is 0. The molecule has 2 N–H and O–H groups in total. The fourth-order valence-electron chi connectivity index (χ4n) is 1.36. The maximum atomic E-state index is 5.55. The molecule has 3 nitrogen and oxygen atoms in total. The zero-order valence-corrected chi connectivity index (χ0v) is 8.27. The number of hydrogen-bond acceptors (Lipinski definition) is 3. The first-order chi connectivity index (χ1) is 6.25. The minimum Gasteiger partial charge on any atom is -0.368 e. The lowest BCUT2D eigenvalue weighted by molar-refractivity contribution is 0.684. The zero-order valence-electron chi connectivity index (χ0n) is 8.27. The fraction of sp³-hybridized carbons (Fsp3) is 0.500. The molecule has 0 radical (unpaired) electrons. The molecule has 3 heteroatoms. The predicted octanol–water partition coefficient (Wildman–Crippen LogP) is 1.26. The third kappa shape index (κ3) is 2.70. The Morgan fingerprint density at radius 1 is 1.38 bits per heavy atom. The van der Waals surface area contributed by atoms with Gasteiger partial charge in [0.2, 0.25) is 0 Å². The quantitative estimate of drug-likeness (QED) is 0.756. The summed E-state index contributed by atoms with van der Waals surface area (Å²) in [6, 6.07) is 4.50. The van der Waals surface area contributed by atoms with Crippen molar-refractivity contribution in [3.05, 3.63) is 24.5 Å². The van der Waals surface area contributed by atoms with Crippen molar-refractivity contribution < 1.29 is 0 Å². The zero-order chi connectivity index (χ0) is 9.68. The number of nitrogens with zero attached hydrogens (tertiary/aromatic N) is 2. The number of pyridine rings is 1. The summed E-state index contributed by atoms with van der Waals surface area (Å²) in [4.78, 5) is 6.25. The summed E-state index contributed by atoms with van der Waals surface area (Å²) in [6.07, 6.45) is 3.61. The summed E-state index contributed by atoms with van der Waals surface area (Å²) in [6.45, 7) is 5.90. The molecule has 13 heavy (non-hydrogen) atoms. The molecule has 72 valence electrons. The van der Waals surface area contributed by atoms with Gasteiger partial charge in [0.1, 0.15) is 0 Å². The second-order valence-corrected chi connectivity index (χ2v) is 3.28. The average molecular weight is 179 g/mol. The van der Waals surface area contributed by atoms with E-state index in [1.807, 2.05) is 12.1 Å². The van der Waals surface area contributed by atoms with Crippen LogP contribution >= 0.6 is 0 Å². The maximum Gasteiger partial charge on any atom is 0.0399 e. The lowest BCUT2D eigenvalue weighted by atomic mass is 10.2. The van der Waals surface area contributed by atoms with Gasteiger partial charge in [-0.2, -0.15) is 0 Å². The first-order valence-electron chi connectivity index (χ1n) is 4.62. The minimum absolute atomic E-state index is 0.478. The molecule has 0 aromatic carbocycles. The Balaban J connectivity index is 2.76. The second kappa shape index (κ2) is 4.82. The van der Waals surface area contributed by atoms with Crippen LogP contribution in [0.25, 0.3) is 0 Å². The number of rotatable bonds is 4. The molecule has 0 bridgehead atoms. The molecule has 0 aliphatic carbocycles. The van der Waals surface area contributed by atoms with Crippen molar-refractivity contribution in [2.75, 3.05) is 18.0 Å². The maximum absolute atomic E-state index is 5.55. The van der Waals surface area contributed by atoms with Crippen molar-refractivity contribution in [1.29, 1.82) is 0 Å². The van der Waals surface area contributed by atoms with E-state index >= 15 is 0 Å². The summed E-state index contributed by atoms with van der Waals surface area (Å²) in [5, 5.41) is 0. The van der Waals surface area contributed by atoms with E-state index in [0.717, 1.165) is 6.54 Å². The summed E-state index contributed by atoms with van der Waals surface area (Å²) in [5.41, 5.74) is 6.74. The molecular formula is C10H17N3. The third-order valence-electron chi connectivity index (χ3n) is 1.99. The highest BCUT2D eigenvalue weighted by atomic mass is 15.2. The van der Waals surface area contributed by atoms with Gasteiger partial charge in [0.25, 0.3) is 0 Å². The van der Waals surface area contributed by atoms with Gasteiger partial charge >= 0.3 is 0 Å². The van der Waals surface area contributed by atoms with Gasteiger partial charge in [-0.25, -0.2) is 0 Å². The van der Waals surface area contributed by atoms with Crippen LogP contribution in [0.15, 0.2) is 24.5 Å². The summed E-state index contributed by atoms with van der Waals surface area (Å²) in [5.74, 6) is 0. The molecule has 1 rings (SSSR count). The fourth-order valence-corrected chi connectivity index (χ4v) is 1.36. The van der Waals surface area contributed by atoms with Gasteiger partial charge in [-0.1, -0.05) is 0 Å². The molecule has 0 spiro atoms. The van der Waals surface area contributed by atoms with E-state index < -0.39 is 0 Å². The average Bonchev–Trinajstić information content (AvgIpc) is 2.15. The highest BCUT2D eigenvalue weighted by molar-refractivity contribution is 5.45. The van der Waals surface area contributed by atoms with E-state index in [4.69, 9.17) is 5.73 Å².